The highest BCUT2D eigenvalue weighted by Gasteiger charge is 2.46. The van der Waals surface area contributed by atoms with Crippen LogP contribution in [0.1, 0.15) is 47.1 Å². The van der Waals surface area contributed by atoms with Gasteiger partial charge in [0, 0.05) is 6.42 Å². The lowest BCUT2D eigenvalue weighted by molar-refractivity contribution is -0.145. The maximum atomic E-state index is 12.2. The summed E-state index contributed by atoms with van der Waals surface area (Å²) in [4.78, 5) is 12.2. The maximum absolute atomic E-state index is 12.2. The van der Waals surface area contributed by atoms with Crippen molar-refractivity contribution in [1.82, 2.24) is 5.48 Å². The van der Waals surface area contributed by atoms with E-state index < -0.39 is 14.4 Å². The predicted octanol–water partition coefficient (Wildman–Crippen LogP) is 4.47. The molecule has 0 fully saturated rings. The molecular formula is C19H33NO3Si. The first kappa shape index (κ1) is 20.9. The van der Waals surface area contributed by atoms with E-state index in [0.717, 1.165) is 5.56 Å². The summed E-state index contributed by atoms with van der Waals surface area (Å²) in [6, 6.07) is 9.43. The monoisotopic (exact) mass is 351 g/mol. The number of carbonyl (C=O) groups is 1. The number of carbonyl (C=O) groups excluding carboxylic acids is 1. The van der Waals surface area contributed by atoms with Gasteiger partial charge in [0.15, 0.2) is 0 Å². The molecule has 0 spiro atoms. The van der Waals surface area contributed by atoms with Gasteiger partial charge in [0.25, 0.3) is 0 Å². The second kappa shape index (κ2) is 9.35. The van der Waals surface area contributed by atoms with Gasteiger partial charge in [-0.25, -0.2) is 0 Å². The zero-order valence-electron chi connectivity index (χ0n) is 16.1. The molecule has 0 unspecified atom stereocenters. The summed E-state index contributed by atoms with van der Waals surface area (Å²) in [5.41, 5.74) is 5.50. The van der Waals surface area contributed by atoms with Crippen LogP contribution in [-0.2, 0) is 20.5 Å². The molecule has 5 heteroatoms. The molecule has 1 atom stereocenters. The van der Waals surface area contributed by atoms with Crippen molar-refractivity contribution in [3.63, 3.8) is 0 Å². The van der Waals surface area contributed by atoms with E-state index in [1.807, 2.05) is 30.3 Å². The fourth-order valence-corrected chi connectivity index (χ4v) is 8.75. The van der Waals surface area contributed by atoms with E-state index in [-0.39, 0.29) is 5.97 Å². The number of ether oxygens (including phenoxy) is 1. The molecule has 0 amide bonds. The third-order valence-electron chi connectivity index (χ3n) is 4.85. The van der Waals surface area contributed by atoms with Crippen LogP contribution in [0.2, 0.25) is 16.6 Å². The summed E-state index contributed by atoms with van der Waals surface area (Å²) in [5, 5.41) is 0. The van der Waals surface area contributed by atoms with Gasteiger partial charge >= 0.3 is 5.97 Å². The van der Waals surface area contributed by atoms with Crippen molar-refractivity contribution in [2.24, 2.45) is 0 Å². The third-order valence-corrected chi connectivity index (χ3v) is 10.7. The van der Waals surface area contributed by atoms with Crippen LogP contribution >= 0.6 is 0 Å². The summed E-state index contributed by atoms with van der Waals surface area (Å²) in [6.07, 6.45) is 0.548. The number of methoxy groups -OCH3 is 1. The van der Waals surface area contributed by atoms with Crippen LogP contribution in [0.15, 0.2) is 30.3 Å². The van der Waals surface area contributed by atoms with Gasteiger partial charge in [-0.1, -0.05) is 71.9 Å². The van der Waals surface area contributed by atoms with Crippen LogP contribution in [0.3, 0.4) is 0 Å². The molecule has 0 aromatic heterocycles. The van der Waals surface area contributed by atoms with Crippen molar-refractivity contribution < 1.29 is 14.1 Å². The molecule has 1 N–H and O–H groups in total. The number of rotatable bonds is 9. The van der Waals surface area contributed by atoms with Crippen molar-refractivity contribution in [3.8, 4) is 0 Å². The summed E-state index contributed by atoms with van der Waals surface area (Å²) in [7, 11) is -0.668. The summed E-state index contributed by atoms with van der Waals surface area (Å²) in [5.74, 6) is -0.293. The molecule has 0 radical (unpaired) electrons. The lowest BCUT2D eigenvalue weighted by atomic mass is 10.1. The number of hydrogen-bond donors (Lipinski definition) is 1. The normalized spacial score (nSPS) is 13.6. The molecule has 0 aliphatic rings. The Morgan fingerprint density at radius 1 is 1.00 bits per heavy atom. The SMILES string of the molecule is COC(=O)[C@H](Cc1ccccc1)NO[Si](C(C)C)(C(C)C)C(C)C. The van der Waals surface area contributed by atoms with Crippen LogP contribution in [0.4, 0.5) is 0 Å². The molecule has 1 rings (SSSR count). The van der Waals surface area contributed by atoms with E-state index in [1.54, 1.807) is 0 Å². The Hall–Kier alpha value is -1.17. The van der Waals surface area contributed by atoms with Crippen LogP contribution in [-0.4, -0.2) is 27.4 Å². The Morgan fingerprint density at radius 2 is 1.50 bits per heavy atom. The third kappa shape index (κ3) is 4.91. The second-order valence-electron chi connectivity index (χ2n) is 7.30. The lowest BCUT2D eigenvalue weighted by Gasteiger charge is -2.42. The van der Waals surface area contributed by atoms with Crippen molar-refractivity contribution in [3.05, 3.63) is 35.9 Å². The van der Waals surface area contributed by atoms with Gasteiger partial charge < -0.3 is 9.26 Å². The number of hydroxylamine groups is 1. The van der Waals surface area contributed by atoms with Gasteiger partial charge in [0.1, 0.15) is 6.04 Å². The Bertz CT molecular complexity index is 481. The molecular weight excluding hydrogens is 318 g/mol. The minimum atomic E-state index is -2.09. The molecule has 24 heavy (non-hydrogen) atoms. The lowest BCUT2D eigenvalue weighted by Crippen LogP contribution is -2.54. The van der Waals surface area contributed by atoms with Gasteiger partial charge in [-0.2, -0.15) is 5.48 Å². The minimum absolute atomic E-state index is 0.293. The largest absolute Gasteiger partial charge is 0.468 e. The van der Waals surface area contributed by atoms with Gasteiger partial charge in [-0.15, -0.1) is 0 Å². The van der Waals surface area contributed by atoms with Crippen molar-refractivity contribution >= 4 is 14.3 Å². The number of benzene rings is 1. The Labute approximate surface area is 148 Å². The molecule has 0 aliphatic heterocycles. The first-order chi connectivity index (χ1) is 11.3. The average molecular weight is 352 g/mol. The van der Waals surface area contributed by atoms with E-state index >= 15 is 0 Å². The fraction of sp³-hybridized carbons (Fsp3) is 0.632. The van der Waals surface area contributed by atoms with E-state index in [0.29, 0.717) is 23.0 Å². The molecule has 1 aromatic carbocycles. The molecule has 0 heterocycles. The highest BCUT2D eigenvalue weighted by atomic mass is 28.4. The van der Waals surface area contributed by atoms with Crippen molar-refractivity contribution in [2.75, 3.05) is 7.11 Å². The molecule has 4 nitrogen and oxygen atoms in total. The maximum Gasteiger partial charge on any atom is 0.325 e. The van der Waals surface area contributed by atoms with E-state index in [4.69, 9.17) is 9.26 Å². The van der Waals surface area contributed by atoms with E-state index in [9.17, 15) is 4.79 Å². The Balaban J connectivity index is 2.95. The number of esters is 1. The predicted molar refractivity (Wildman–Crippen MR) is 101 cm³/mol. The molecule has 136 valence electrons. The first-order valence-corrected chi connectivity index (χ1v) is 10.9. The topological polar surface area (TPSA) is 47.6 Å². The number of nitrogens with one attached hydrogen (secondary N) is 1. The first-order valence-electron chi connectivity index (χ1n) is 8.80. The molecule has 0 bridgehead atoms. The quantitative estimate of drug-likeness (QED) is 0.405. The van der Waals surface area contributed by atoms with Gasteiger partial charge in [-0.3, -0.25) is 4.79 Å². The molecule has 1 aromatic rings. The van der Waals surface area contributed by atoms with Crippen LogP contribution in [0.5, 0.6) is 0 Å². The zero-order chi connectivity index (χ0) is 18.3. The minimum Gasteiger partial charge on any atom is -0.468 e. The average Bonchev–Trinajstić information content (AvgIpc) is 2.53. The summed E-state index contributed by atoms with van der Waals surface area (Å²) in [6.45, 7) is 13.3. The molecule has 0 saturated heterocycles. The summed E-state index contributed by atoms with van der Waals surface area (Å²) < 4.78 is 11.3. The van der Waals surface area contributed by atoms with Crippen LogP contribution in [0, 0.1) is 0 Å². The Kier molecular flexibility index (Phi) is 8.13. The molecule has 0 aliphatic carbocycles. The van der Waals surface area contributed by atoms with Crippen molar-refractivity contribution in [1.29, 1.82) is 0 Å². The Morgan fingerprint density at radius 3 is 1.92 bits per heavy atom. The highest BCUT2D eigenvalue weighted by Crippen LogP contribution is 2.41. The zero-order valence-corrected chi connectivity index (χ0v) is 17.1. The van der Waals surface area contributed by atoms with E-state index in [1.165, 1.54) is 7.11 Å². The van der Waals surface area contributed by atoms with Gasteiger partial charge in [-0.05, 0) is 22.2 Å². The second-order valence-corrected chi connectivity index (χ2v) is 12.7. The smallest absolute Gasteiger partial charge is 0.325 e. The fourth-order valence-electron chi connectivity index (χ4n) is 3.69. The van der Waals surface area contributed by atoms with Gasteiger partial charge in [0.05, 0.1) is 7.11 Å². The van der Waals surface area contributed by atoms with Gasteiger partial charge in [0.2, 0.25) is 8.32 Å². The van der Waals surface area contributed by atoms with Crippen LogP contribution < -0.4 is 5.48 Å². The van der Waals surface area contributed by atoms with E-state index in [2.05, 4.69) is 47.0 Å². The van der Waals surface area contributed by atoms with Crippen LogP contribution in [0.25, 0.3) is 0 Å². The standard InChI is InChI=1S/C19H33NO3Si/c1-14(2)24(15(3)4,16(5)6)23-20-18(19(21)22-7)13-17-11-9-8-10-12-17/h8-12,14-16,18,20H,13H2,1-7H3/t18-/m0/s1. The summed E-state index contributed by atoms with van der Waals surface area (Å²) >= 11 is 0. The number of hydrogen-bond acceptors (Lipinski definition) is 4. The van der Waals surface area contributed by atoms with Crippen molar-refractivity contribution in [2.45, 2.75) is 70.6 Å². The highest BCUT2D eigenvalue weighted by molar-refractivity contribution is 6.77. The molecule has 0 saturated carbocycles.